The second-order valence-corrected chi connectivity index (χ2v) is 6.44. The molecule has 0 saturated carbocycles. The van der Waals surface area contributed by atoms with Crippen LogP contribution in [0.5, 0.6) is 0 Å². The quantitative estimate of drug-likeness (QED) is 0.873. The first kappa shape index (κ1) is 11.8. The summed E-state index contributed by atoms with van der Waals surface area (Å²) in [5.74, 6) is 0. The van der Waals surface area contributed by atoms with E-state index in [0.29, 0.717) is 0 Å². The first-order chi connectivity index (χ1) is 7.61. The number of aliphatic hydroxyl groups excluding tert-OH is 1. The fourth-order valence-electron chi connectivity index (χ4n) is 1.61. The fourth-order valence-corrected chi connectivity index (χ4v) is 3.69. The van der Waals surface area contributed by atoms with Crippen molar-refractivity contribution in [1.82, 2.24) is 0 Å². The van der Waals surface area contributed by atoms with Crippen LogP contribution >= 0.6 is 22.7 Å². The molecule has 2 aromatic rings. The molecule has 0 amide bonds. The summed E-state index contributed by atoms with van der Waals surface area (Å²) in [6.07, 6.45) is 0.600. The molecule has 1 atom stereocenters. The third kappa shape index (κ3) is 2.21. The van der Waals surface area contributed by atoms with E-state index in [1.165, 1.54) is 15.3 Å². The van der Waals surface area contributed by atoms with Crippen molar-refractivity contribution in [2.75, 3.05) is 0 Å². The molecule has 86 valence electrons. The van der Waals surface area contributed by atoms with Crippen molar-refractivity contribution >= 4 is 22.7 Å². The van der Waals surface area contributed by atoms with Crippen molar-refractivity contribution in [2.24, 2.45) is 0 Å². The van der Waals surface area contributed by atoms with E-state index in [1.54, 1.807) is 22.7 Å². The Hall–Kier alpha value is -0.640. The van der Waals surface area contributed by atoms with Crippen LogP contribution < -0.4 is 0 Å². The van der Waals surface area contributed by atoms with E-state index < -0.39 is 6.10 Å². The molecular weight excluding hydrogens is 236 g/mol. The Balaban J connectivity index is 2.27. The van der Waals surface area contributed by atoms with E-state index in [-0.39, 0.29) is 0 Å². The van der Waals surface area contributed by atoms with Crippen molar-refractivity contribution in [3.63, 3.8) is 0 Å². The summed E-state index contributed by atoms with van der Waals surface area (Å²) in [4.78, 5) is 4.73. The van der Waals surface area contributed by atoms with Crippen LogP contribution in [0.2, 0.25) is 0 Å². The van der Waals surface area contributed by atoms with E-state index >= 15 is 0 Å². The smallest absolute Gasteiger partial charge is 0.122 e. The molecule has 16 heavy (non-hydrogen) atoms. The highest BCUT2D eigenvalue weighted by Crippen LogP contribution is 2.33. The van der Waals surface area contributed by atoms with Crippen LogP contribution in [-0.4, -0.2) is 5.11 Å². The minimum absolute atomic E-state index is 0.442. The van der Waals surface area contributed by atoms with Crippen LogP contribution in [0.4, 0.5) is 0 Å². The van der Waals surface area contributed by atoms with Gasteiger partial charge in [-0.15, -0.1) is 22.7 Å². The molecule has 0 radical (unpaired) electrons. The van der Waals surface area contributed by atoms with Crippen LogP contribution in [0.15, 0.2) is 18.2 Å². The summed E-state index contributed by atoms with van der Waals surface area (Å²) in [6, 6.07) is 6.24. The average molecular weight is 252 g/mol. The lowest BCUT2D eigenvalue weighted by Gasteiger charge is -2.04. The molecule has 0 aromatic carbocycles. The van der Waals surface area contributed by atoms with Crippen LogP contribution in [0.25, 0.3) is 0 Å². The molecule has 1 unspecified atom stereocenters. The van der Waals surface area contributed by atoms with Crippen molar-refractivity contribution in [2.45, 2.75) is 33.3 Å². The molecule has 2 aromatic heterocycles. The van der Waals surface area contributed by atoms with E-state index in [2.05, 4.69) is 32.9 Å². The summed E-state index contributed by atoms with van der Waals surface area (Å²) >= 11 is 3.40. The lowest BCUT2D eigenvalue weighted by Crippen LogP contribution is -1.92. The zero-order chi connectivity index (χ0) is 11.7. The summed E-state index contributed by atoms with van der Waals surface area (Å²) in [5.41, 5.74) is 1.27. The summed E-state index contributed by atoms with van der Waals surface area (Å²) in [5, 5.41) is 10.3. The van der Waals surface area contributed by atoms with Gasteiger partial charge in [-0.1, -0.05) is 6.92 Å². The van der Waals surface area contributed by atoms with Crippen molar-refractivity contribution in [3.8, 4) is 0 Å². The number of aryl methyl sites for hydroxylation is 3. The molecule has 0 aliphatic heterocycles. The SMILES string of the molecule is CCc1ccc(C(O)c2cc(C)c(C)s2)s1. The highest BCUT2D eigenvalue weighted by molar-refractivity contribution is 7.13. The summed E-state index contributed by atoms with van der Waals surface area (Å²) < 4.78 is 0. The third-order valence-electron chi connectivity index (χ3n) is 2.75. The van der Waals surface area contributed by atoms with Crippen LogP contribution in [0.1, 0.15) is 38.1 Å². The Bertz CT molecular complexity index is 462. The van der Waals surface area contributed by atoms with Gasteiger partial charge < -0.3 is 5.11 Å². The van der Waals surface area contributed by atoms with Gasteiger partial charge in [-0.25, -0.2) is 0 Å². The van der Waals surface area contributed by atoms with Gasteiger partial charge in [-0.3, -0.25) is 0 Å². The first-order valence-electron chi connectivity index (χ1n) is 5.45. The van der Waals surface area contributed by atoms with Gasteiger partial charge in [0.05, 0.1) is 0 Å². The monoisotopic (exact) mass is 252 g/mol. The minimum Gasteiger partial charge on any atom is -0.382 e. The third-order valence-corrected chi connectivity index (χ3v) is 5.24. The first-order valence-corrected chi connectivity index (χ1v) is 7.08. The fraction of sp³-hybridized carbons (Fsp3) is 0.385. The van der Waals surface area contributed by atoms with Gasteiger partial charge >= 0.3 is 0 Å². The number of rotatable bonds is 3. The van der Waals surface area contributed by atoms with Gasteiger partial charge in [-0.05, 0) is 44.0 Å². The number of hydrogen-bond donors (Lipinski definition) is 1. The molecule has 0 fully saturated rings. The molecule has 0 bridgehead atoms. The van der Waals surface area contributed by atoms with E-state index in [0.717, 1.165) is 16.2 Å². The van der Waals surface area contributed by atoms with Crippen LogP contribution in [0, 0.1) is 13.8 Å². The zero-order valence-corrected chi connectivity index (χ0v) is 11.4. The molecule has 3 heteroatoms. The Morgan fingerprint density at radius 2 is 1.94 bits per heavy atom. The van der Waals surface area contributed by atoms with E-state index in [1.807, 2.05) is 6.07 Å². The summed E-state index contributed by atoms with van der Waals surface area (Å²) in [6.45, 7) is 6.33. The van der Waals surface area contributed by atoms with Crippen molar-refractivity contribution in [3.05, 3.63) is 43.3 Å². The molecule has 1 N–H and O–H groups in total. The predicted octanol–water partition coefficient (Wildman–Crippen LogP) is 4.07. The Labute approximate surface area is 104 Å². The van der Waals surface area contributed by atoms with Crippen molar-refractivity contribution < 1.29 is 5.11 Å². The van der Waals surface area contributed by atoms with Gasteiger partial charge in [0, 0.05) is 19.5 Å². The topological polar surface area (TPSA) is 20.2 Å². The Morgan fingerprint density at radius 1 is 1.19 bits per heavy atom. The highest BCUT2D eigenvalue weighted by Gasteiger charge is 2.15. The van der Waals surface area contributed by atoms with E-state index in [9.17, 15) is 5.11 Å². The Morgan fingerprint density at radius 3 is 2.44 bits per heavy atom. The number of hydrogen-bond acceptors (Lipinski definition) is 3. The highest BCUT2D eigenvalue weighted by atomic mass is 32.1. The van der Waals surface area contributed by atoms with Gasteiger partial charge in [-0.2, -0.15) is 0 Å². The van der Waals surface area contributed by atoms with Gasteiger partial charge in [0.2, 0.25) is 0 Å². The number of aliphatic hydroxyl groups is 1. The lowest BCUT2D eigenvalue weighted by molar-refractivity contribution is 0.228. The largest absolute Gasteiger partial charge is 0.382 e. The van der Waals surface area contributed by atoms with Gasteiger partial charge in [0.15, 0.2) is 0 Å². The molecule has 2 heterocycles. The molecule has 2 rings (SSSR count). The van der Waals surface area contributed by atoms with Crippen LogP contribution in [-0.2, 0) is 6.42 Å². The van der Waals surface area contributed by atoms with Gasteiger partial charge in [0.1, 0.15) is 6.10 Å². The Kier molecular flexibility index (Phi) is 3.47. The molecule has 1 nitrogen and oxygen atoms in total. The normalized spacial score (nSPS) is 13.0. The predicted molar refractivity (Wildman–Crippen MR) is 71.6 cm³/mol. The second kappa shape index (κ2) is 4.70. The minimum atomic E-state index is -0.442. The van der Waals surface area contributed by atoms with Crippen LogP contribution in [0.3, 0.4) is 0 Å². The maximum Gasteiger partial charge on any atom is 0.122 e. The molecule has 0 spiro atoms. The second-order valence-electron chi connectivity index (χ2n) is 3.95. The van der Waals surface area contributed by atoms with E-state index in [4.69, 9.17) is 0 Å². The number of thiophene rings is 2. The average Bonchev–Trinajstić information content (AvgIpc) is 2.86. The zero-order valence-electron chi connectivity index (χ0n) is 9.78. The molecule has 0 aliphatic carbocycles. The molecular formula is C13H16OS2. The summed E-state index contributed by atoms with van der Waals surface area (Å²) in [7, 11) is 0. The van der Waals surface area contributed by atoms with Gasteiger partial charge in [0.25, 0.3) is 0 Å². The molecule has 0 aliphatic rings. The maximum absolute atomic E-state index is 10.3. The standard InChI is InChI=1S/C13H16OS2/c1-4-10-5-6-11(16-10)13(14)12-7-8(2)9(3)15-12/h5-7,13-14H,4H2,1-3H3. The lowest BCUT2D eigenvalue weighted by atomic mass is 10.2. The maximum atomic E-state index is 10.3. The molecule has 0 saturated heterocycles. The van der Waals surface area contributed by atoms with Crippen molar-refractivity contribution in [1.29, 1.82) is 0 Å².